The molecule has 0 atom stereocenters. The van der Waals surface area contributed by atoms with Gasteiger partial charge in [-0.2, -0.15) is 0 Å². The van der Waals surface area contributed by atoms with Crippen molar-refractivity contribution in [3.63, 3.8) is 0 Å². The van der Waals surface area contributed by atoms with Crippen LogP contribution in [-0.4, -0.2) is 13.1 Å². The molecule has 0 bridgehead atoms. The first kappa shape index (κ1) is 12.4. The molecule has 0 heterocycles. The van der Waals surface area contributed by atoms with Crippen LogP contribution in [0.4, 0.5) is 0 Å². The van der Waals surface area contributed by atoms with Crippen LogP contribution in [-0.2, 0) is 5.41 Å². The van der Waals surface area contributed by atoms with Gasteiger partial charge in [0.05, 0.1) is 0 Å². The summed E-state index contributed by atoms with van der Waals surface area (Å²) in [5.74, 6) is 0. The minimum Gasteiger partial charge on any atom is -0.316 e. The molecule has 17 heavy (non-hydrogen) atoms. The van der Waals surface area contributed by atoms with Gasteiger partial charge in [-0.05, 0) is 49.9 Å². The van der Waals surface area contributed by atoms with Crippen LogP contribution in [0.15, 0.2) is 30.4 Å². The highest BCUT2D eigenvalue weighted by molar-refractivity contribution is 5.37. The summed E-state index contributed by atoms with van der Waals surface area (Å²) in [6.07, 6.45) is 6.99. The Morgan fingerprint density at radius 1 is 1.12 bits per heavy atom. The summed E-state index contributed by atoms with van der Waals surface area (Å²) in [7, 11) is 0. The van der Waals surface area contributed by atoms with Crippen molar-refractivity contribution in [2.45, 2.75) is 39.0 Å². The predicted octanol–water partition coefficient (Wildman–Crippen LogP) is 3.50. The Hall–Kier alpha value is -1.08. The van der Waals surface area contributed by atoms with E-state index in [1.807, 2.05) is 0 Å². The van der Waals surface area contributed by atoms with Gasteiger partial charge >= 0.3 is 0 Å². The highest BCUT2D eigenvalue weighted by Gasteiger charge is 2.32. The zero-order chi connectivity index (χ0) is 12.3. The molecule has 2 rings (SSSR count). The molecule has 1 aromatic carbocycles. The number of nitrogens with one attached hydrogen (secondary N) is 1. The largest absolute Gasteiger partial charge is 0.316 e. The van der Waals surface area contributed by atoms with Gasteiger partial charge in [0, 0.05) is 12.0 Å². The van der Waals surface area contributed by atoms with E-state index in [2.05, 4.69) is 56.4 Å². The molecule has 0 aromatic heterocycles. The Morgan fingerprint density at radius 3 is 2.41 bits per heavy atom. The smallest absolute Gasteiger partial charge is 0.0147 e. The van der Waals surface area contributed by atoms with Crippen molar-refractivity contribution in [3.05, 3.63) is 47.0 Å². The summed E-state index contributed by atoms with van der Waals surface area (Å²) in [6.45, 7) is 8.70. The minimum absolute atomic E-state index is 0.300. The zero-order valence-corrected chi connectivity index (χ0v) is 11.2. The molecule has 92 valence electrons. The summed E-state index contributed by atoms with van der Waals surface area (Å²) in [5, 5.41) is 3.52. The van der Waals surface area contributed by atoms with E-state index in [9.17, 15) is 0 Å². The normalized spacial score (nSPS) is 17.6. The quantitative estimate of drug-likeness (QED) is 0.779. The van der Waals surface area contributed by atoms with E-state index in [1.165, 1.54) is 29.5 Å². The average Bonchev–Trinajstić information content (AvgIpc) is 2.80. The number of likely N-dealkylation sites (N-methyl/N-ethyl adjacent to an activating group) is 1. The van der Waals surface area contributed by atoms with Crippen molar-refractivity contribution >= 4 is 0 Å². The third-order valence-corrected chi connectivity index (χ3v) is 4.02. The molecule has 0 spiro atoms. The molecule has 1 heteroatoms. The van der Waals surface area contributed by atoms with E-state index in [0.717, 1.165) is 13.1 Å². The first-order valence-electron chi connectivity index (χ1n) is 6.61. The molecule has 1 N–H and O–H groups in total. The van der Waals surface area contributed by atoms with Crippen LogP contribution >= 0.6 is 0 Å². The summed E-state index contributed by atoms with van der Waals surface area (Å²) in [6, 6.07) is 6.95. The maximum atomic E-state index is 3.52. The van der Waals surface area contributed by atoms with E-state index < -0.39 is 0 Å². The molecule has 1 aromatic rings. The lowest BCUT2D eigenvalue weighted by Gasteiger charge is -2.30. The summed E-state index contributed by atoms with van der Waals surface area (Å²) < 4.78 is 0. The van der Waals surface area contributed by atoms with Crippen molar-refractivity contribution in [2.24, 2.45) is 0 Å². The fourth-order valence-corrected chi connectivity index (χ4v) is 2.62. The number of rotatable bonds is 4. The van der Waals surface area contributed by atoms with Crippen LogP contribution in [0.1, 0.15) is 36.5 Å². The van der Waals surface area contributed by atoms with E-state index in [-0.39, 0.29) is 0 Å². The van der Waals surface area contributed by atoms with Gasteiger partial charge in [0.25, 0.3) is 0 Å². The molecule has 1 aliphatic carbocycles. The lowest BCUT2D eigenvalue weighted by molar-refractivity contribution is 0.424. The number of hydrogen-bond donors (Lipinski definition) is 1. The monoisotopic (exact) mass is 229 g/mol. The van der Waals surface area contributed by atoms with E-state index in [0.29, 0.717) is 5.41 Å². The Morgan fingerprint density at radius 2 is 1.82 bits per heavy atom. The van der Waals surface area contributed by atoms with Gasteiger partial charge in [-0.25, -0.2) is 0 Å². The van der Waals surface area contributed by atoms with Crippen molar-refractivity contribution in [3.8, 4) is 0 Å². The van der Waals surface area contributed by atoms with Gasteiger partial charge in [0.1, 0.15) is 0 Å². The van der Waals surface area contributed by atoms with E-state index in [4.69, 9.17) is 0 Å². The topological polar surface area (TPSA) is 12.0 Å². The van der Waals surface area contributed by atoms with Crippen LogP contribution in [0.3, 0.4) is 0 Å². The van der Waals surface area contributed by atoms with Crippen LogP contribution in [0, 0.1) is 13.8 Å². The number of hydrogen-bond acceptors (Lipinski definition) is 1. The summed E-state index contributed by atoms with van der Waals surface area (Å²) in [4.78, 5) is 0. The van der Waals surface area contributed by atoms with Gasteiger partial charge in [0.2, 0.25) is 0 Å². The van der Waals surface area contributed by atoms with Crippen LogP contribution < -0.4 is 5.32 Å². The fourth-order valence-electron chi connectivity index (χ4n) is 2.62. The second-order valence-electron chi connectivity index (χ2n) is 5.24. The number of aryl methyl sites for hydroxylation is 2. The Balaban J connectivity index is 2.29. The Kier molecular flexibility index (Phi) is 3.68. The molecule has 0 aliphatic heterocycles. The molecular weight excluding hydrogens is 206 g/mol. The van der Waals surface area contributed by atoms with Crippen molar-refractivity contribution in [1.29, 1.82) is 0 Å². The van der Waals surface area contributed by atoms with Gasteiger partial charge in [-0.15, -0.1) is 0 Å². The lowest BCUT2D eigenvalue weighted by atomic mass is 9.77. The van der Waals surface area contributed by atoms with Crippen LogP contribution in [0.25, 0.3) is 0 Å². The number of benzene rings is 1. The maximum Gasteiger partial charge on any atom is 0.0147 e. The molecule has 0 radical (unpaired) electrons. The SMILES string of the molecule is CCNCC1(c2ccc(C)c(C)c2)CC=CC1. The van der Waals surface area contributed by atoms with Crippen LogP contribution in [0.5, 0.6) is 0 Å². The number of allylic oxidation sites excluding steroid dienone is 2. The molecule has 0 saturated carbocycles. The first-order chi connectivity index (χ1) is 8.18. The highest BCUT2D eigenvalue weighted by Crippen LogP contribution is 2.37. The standard InChI is InChI=1S/C16H23N/c1-4-17-12-16(9-5-6-10-16)15-8-7-13(2)14(3)11-15/h5-8,11,17H,4,9-10,12H2,1-3H3. The van der Waals surface area contributed by atoms with Gasteiger partial charge < -0.3 is 5.32 Å². The average molecular weight is 229 g/mol. The lowest BCUT2D eigenvalue weighted by Crippen LogP contribution is -2.36. The molecule has 0 unspecified atom stereocenters. The maximum absolute atomic E-state index is 3.52. The fraction of sp³-hybridized carbons (Fsp3) is 0.500. The Bertz CT molecular complexity index is 410. The van der Waals surface area contributed by atoms with Gasteiger partial charge in [0.15, 0.2) is 0 Å². The molecule has 0 saturated heterocycles. The molecule has 1 nitrogen and oxygen atoms in total. The van der Waals surface area contributed by atoms with Crippen molar-refractivity contribution in [1.82, 2.24) is 5.32 Å². The molecule has 0 amide bonds. The second kappa shape index (κ2) is 5.05. The minimum atomic E-state index is 0.300. The predicted molar refractivity (Wildman–Crippen MR) is 74.5 cm³/mol. The first-order valence-corrected chi connectivity index (χ1v) is 6.61. The summed E-state index contributed by atoms with van der Waals surface area (Å²) >= 11 is 0. The second-order valence-corrected chi connectivity index (χ2v) is 5.24. The van der Waals surface area contributed by atoms with Crippen LogP contribution in [0.2, 0.25) is 0 Å². The van der Waals surface area contributed by atoms with Gasteiger partial charge in [-0.3, -0.25) is 0 Å². The third-order valence-electron chi connectivity index (χ3n) is 4.02. The van der Waals surface area contributed by atoms with E-state index >= 15 is 0 Å². The van der Waals surface area contributed by atoms with E-state index in [1.54, 1.807) is 0 Å². The molecule has 1 aliphatic rings. The molecule has 0 fully saturated rings. The molecular formula is C16H23N. The Labute approximate surface area is 105 Å². The van der Waals surface area contributed by atoms with Gasteiger partial charge in [-0.1, -0.05) is 37.3 Å². The van der Waals surface area contributed by atoms with Crippen molar-refractivity contribution in [2.75, 3.05) is 13.1 Å². The summed E-state index contributed by atoms with van der Waals surface area (Å²) in [5.41, 5.74) is 4.59. The third kappa shape index (κ3) is 2.44. The van der Waals surface area contributed by atoms with Crippen molar-refractivity contribution < 1.29 is 0 Å². The zero-order valence-electron chi connectivity index (χ0n) is 11.2. The highest BCUT2D eigenvalue weighted by atomic mass is 14.9.